The van der Waals surface area contributed by atoms with E-state index in [2.05, 4.69) is 31.3 Å². The first-order chi connectivity index (χ1) is 10.7. The van der Waals surface area contributed by atoms with Crippen molar-refractivity contribution in [2.75, 3.05) is 5.32 Å². The maximum atomic E-state index is 12.6. The van der Waals surface area contributed by atoms with Gasteiger partial charge in [0.2, 0.25) is 5.91 Å². The Hall–Kier alpha value is -1.90. The van der Waals surface area contributed by atoms with Gasteiger partial charge in [0.1, 0.15) is 5.82 Å². The average molecular weight is 391 g/mol. The molecule has 2 heterocycles. The summed E-state index contributed by atoms with van der Waals surface area (Å²) in [7, 11) is 0. The van der Waals surface area contributed by atoms with E-state index in [4.69, 9.17) is 0 Å². The van der Waals surface area contributed by atoms with Gasteiger partial charge in [-0.3, -0.25) is 9.48 Å². The van der Waals surface area contributed by atoms with E-state index in [1.54, 1.807) is 19.1 Å². The van der Waals surface area contributed by atoms with E-state index >= 15 is 0 Å². The van der Waals surface area contributed by atoms with Gasteiger partial charge in [0.05, 0.1) is 12.5 Å². The minimum atomic E-state index is -4.50. The fourth-order valence-corrected chi connectivity index (χ4v) is 2.11. The summed E-state index contributed by atoms with van der Waals surface area (Å²) in [4.78, 5) is 16.1. The summed E-state index contributed by atoms with van der Waals surface area (Å²) in [5.41, 5.74) is -0.615. The summed E-state index contributed by atoms with van der Waals surface area (Å²) in [6.45, 7) is 3.18. The Morgan fingerprint density at radius 3 is 2.65 bits per heavy atom. The summed E-state index contributed by atoms with van der Waals surface area (Å²) >= 11 is 3.23. The van der Waals surface area contributed by atoms with E-state index in [0.717, 1.165) is 10.5 Å². The molecule has 124 valence electrons. The Bertz CT molecular complexity index is 697. The Labute approximate surface area is 139 Å². The van der Waals surface area contributed by atoms with Crippen molar-refractivity contribution in [1.29, 1.82) is 0 Å². The first-order valence-electron chi connectivity index (χ1n) is 6.71. The number of aryl methyl sites for hydroxylation is 1. The molecule has 0 fully saturated rings. The Balaban J connectivity index is 2.03. The normalized spacial score (nSPS) is 13.0. The van der Waals surface area contributed by atoms with E-state index in [1.807, 2.05) is 0 Å². The van der Waals surface area contributed by atoms with E-state index in [9.17, 15) is 18.0 Å². The van der Waals surface area contributed by atoms with E-state index in [1.165, 1.54) is 17.8 Å². The fourth-order valence-electron chi connectivity index (χ4n) is 1.87. The van der Waals surface area contributed by atoms with Crippen molar-refractivity contribution in [3.8, 4) is 0 Å². The van der Waals surface area contributed by atoms with Crippen molar-refractivity contribution < 1.29 is 18.0 Å². The number of pyridine rings is 1. The summed E-state index contributed by atoms with van der Waals surface area (Å²) in [5.74, 6) is -0.540. The lowest BCUT2D eigenvalue weighted by Crippen LogP contribution is -2.25. The predicted molar refractivity (Wildman–Crippen MR) is 81.7 cm³/mol. The molecule has 0 radical (unpaired) electrons. The number of carbonyl (C=O) groups excluding carboxylic acids is 1. The average Bonchev–Trinajstić information content (AvgIpc) is 2.82. The molecule has 2 aromatic rings. The van der Waals surface area contributed by atoms with Crippen molar-refractivity contribution >= 4 is 27.7 Å². The molecule has 1 atom stereocenters. The van der Waals surface area contributed by atoms with Gasteiger partial charge in [0.15, 0.2) is 5.69 Å². The van der Waals surface area contributed by atoms with Crippen LogP contribution in [0.25, 0.3) is 0 Å². The highest BCUT2D eigenvalue weighted by molar-refractivity contribution is 9.10. The molecule has 0 saturated carbocycles. The molecule has 0 saturated heterocycles. The number of carbonyl (C=O) groups is 1. The number of aromatic nitrogens is 3. The van der Waals surface area contributed by atoms with Crippen LogP contribution in [0.5, 0.6) is 0 Å². The minimum absolute atomic E-state index is 0.0459. The number of anilines is 1. The van der Waals surface area contributed by atoms with Crippen molar-refractivity contribution in [3.05, 3.63) is 40.3 Å². The number of halogens is 4. The maximum absolute atomic E-state index is 12.6. The molecule has 0 aromatic carbocycles. The maximum Gasteiger partial charge on any atom is 0.435 e. The van der Waals surface area contributed by atoms with Crippen molar-refractivity contribution in [2.45, 2.75) is 26.6 Å². The van der Waals surface area contributed by atoms with Gasteiger partial charge in [0, 0.05) is 16.4 Å². The SMILES string of the molecule is Cc1cc(C(F)(F)F)nn1CC(C)C(=O)Nc1ccc(Br)cn1. The third-order valence-electron chi connectivity index (χ3n) is 3.14. The highest BCUT2D eigenvalue weighted by Crippen LogP contribution is 2.28. The van der Waals surface area contributed by atoms with Crippen LogP contribution in [0.2, 0.25) is 0 Å². The zero-order chi connectivity index (χ0) is 17.2. The number of nitrogens with zero attached hydrogens (tertiary/aromatic N) is 3. The molecule has 1 unspecified atom stereocenters. The van der Waals surface area contributed by atoms with Crippen LogP contribution in [-0.2, 0) is 17.5 Å². The Morgan fingerprint density at radius 2 is 2.13 bits per heavy atom. The molecule has 2 aromatic heterocycles. The summed E-state index contributed by atoms with van der Waals surface area (Å²) in [5, 5.41) is 6.12. The third-order valence-corrected chi connectivity index (χ3v) is 3.61. The molecule has 0 aliphatic rings. The first-order valence-corrected chi connectivity index (χ1v) is 7.50. The molecule has 5 nitrogen and oxygen atoms in total. The van der Waals surface area contributed by atoms with Crippen LogP contribution in [0.4, 0.5) is 19.0 Å². The number of alkyl halides is 3. The van der Waals surface area contributed by atoms with Crippen LogP contribution < -0.4 is 5.32 Å². The van der Waals surface area contributed by atoms with E-state index in [-0.39, 0.29) is 12.5 Å². The van der Waals surface area contributed by atoms with Crippen LogP contribution >= 0.6 is 15.9 Å². The lowest BCUT2D eigenvalue weighted by molar-refractivity contribution is -0.141. The minimum Gasteiger partial charge on any atom is -0.310 e. The summed E-state index contributed by atoms with van der Waals surface area (Å²) in [6, 6.07) is 4.30. The predicted octanol–water partition coefficient (Wildman–Crippen LogP) is 3.64. The molecule has 0 spiro atoms. The Kier molecular flexibility index (Phi) is 5.08. The zero-order valence-corrected chi connectivity index (χ0v) is 13.9. The highest BCUT2D eigenvalue weighted by atomic mass is 79.9. The standard InChI is InChI=1S/C14H14BrF3N4O/c1-8(13(23)20-12-4-3-10(15)6-19-12)7-22-9(2)5-11(21-22)14(16,17)18/h3-6,8H,7H2,1-2H3,(H,19,20,23). The number of hydrogen-bond donors (Lipinski definition) is 1. The van der Waals surface area contributed by atoms with Crippen molar-refractivity contribution in [3.63, 3.8) is 0 Å². The first kappa shape index (κ1) is 17.5. The van der Waals surface area contributed by atoms with Crippen LogP contribution in [0.1, 0.15) is 18.3 Å². The van der Waals surface area contributed by atoms with Crippen molar-refractivity contribution in [1.82, 2.24) is 14.8 Å². The van der Waals surface area contributed by atoms with Crippen LogP contribution in [0, 0.1) is 12.8 Å². The van der Waals surface area contributed by atoms with Gasteiger partial charge in [0.25, 0.3) is 0 Å². The smallest absolute Gasteiger partial charge is 0.310 e. The number of nitrogens with one attached hydrogen (secondary N) is 1. The molecule has 0 bridgehead atoms. The highest BCUT2D eigenvalue weighted by Gasteiger charge is 2.34. The van der Waals surface area contributed by atoms with Gasteiger partial charge in [-0.25, -0.2) is 4.98 Å². The molecule has 0 aliphatic carbocycles. The second kappa shape index (κ2) is 6.69. The monoisotopic (exact) mass is 390 g/mol. The number of hydrogen-bond acceptors (Lipinski definition) is 3. The van der Waals surface area contributed by atoms with Gasteiger partial charge >= 0.3 is 6.18 Å². The summed E-state index contributed by atoms with van der Waals surface area (Å²) in [6.07, 6.45) is -2.96. The fraction of sp³-hybridized carbons (Fsp3) is 0.357. The van der Waals surface area contributed by atoms with Gasteiger partial charge in [-0.15, -0.1) is 0 Å². The molecule has 2 rings (SSSR count). The van der Waals surface area contributed by atoms with Gasteiger partial charge in [-0.2, -0.15) is 18.3 Å². The van der Waals surface area contributed by atoms with Crippen LogP contribution in [-0.4, -0.2) is 20.7 Å². The molecule has 0 aliphatic heterocycles. The molecule has 1 amide bonds. The Morgan fingerprint density at radius 1 is 1.43 bits per heavy atom. The van der Waals surface area contributed by atoms with E-state index in [0.29, 0.717) is 11.5 Å². The van der Waals surface area contributed by atoms with Crippen LogP contribution in [0.3, 0.4) is 0 Å². The lowest BCUT2D eigenvalue weighted by Gasteiger charge is -2.13. The van der Waals surface area contributed by atoms with E-state index < -0.39 is 17.8 Å². The zero-order valence-electron chi connectivity index (χ0n) is 12.4. The van der Waals surface area contributed by atoms with Crippen LogP contribution in [0.15, 0.2) is 28.9 Å². The molecule has 9 heteroatoms. The quantitative estimate of drug-likeness (QED) is 0.866. The number of rotatable bonds is 4. The topological polar surface area (TPSA) is 59.8 Å². The molecule has 1 N–H and O–H groups in total. The van der Waals surface area contributed by atoms with Crippen molar-refractivity contribution in [2.24, 2.45) is 5.92 Å². The number of amides is 1. The third kappa shape index (κ3) is 4.54. The molecular formula is C14H14BrF3N4O. The summed E-state index contributed by atoms with van der Waals surface area (Å²) < 4.78 is 39.8. The van der Waals surface area contributed by atoms with Gasteiger partial charge < -0.3 is 5.32 Å². The molecular weight excluding hydrogens is 377 g/mol. The molecule has 23 heavy (non-hydrogen) atoms. The lowest BCUT2D eigenvalue weighted by atomic mass is 10.1. The van der Waals surface area contributed by atoms with Gasteiger partial charge in [-0.05, 0) is 41.1 Å². The second-order valence-corrected chi connectivity index (χ2v) is 6.02. The van der Waals surface area contributed by atoms with Gasteiger partial charge in [-0.1, -0.05) is 6.92 Å². The largest absolute Gasteiger partial charge is 0.435 e. The second-order valence-electron chi connectivity index (χ2n) is 5.10.